The fraction of sp³-hybridized carbons (Fsp3) is 0.450. The fourth-order valence-corrected chi connectivity index (χ4v) is 3.23. The molecule has 25 heavy (non-hydrogen) atoms. The third-order valence-electron chi connectivity index (χ3n) is 4.73. The first kappa shape index (κ1) is 17.4. The Balaban J connectivity index is 1.86. The predicted octanol–water partition coefficient (Wildman–Crippen LogP) is 3.19. The van der Waals surface area contributed by atoms with E-state index in [2.05, 4.69) is 5.32 Å². The number of hydrogen-bond acceptors (Lipinski definition) is 4. The molecule has 0 bridgehead atoms. The molecule has 3 rings (SSSR count). The van der Waals surface area contributed by atoms with E-state index in [1.54, 1.807) is 0 Å². The Labute approximate surface area is 147 Å². The molecule has 1 atom stereocenters. The van der Waals surface area contributed by atoms with Crippen LogP contribution in [0.5, 0.6) is 0 Å². The number of aromatic nitrogens is 1. The number of rotatable bonds is 5. The van der Waals surface area contributed by atoms with Gasteiger partial charge >= 0.3 is 5.97 Å². The van der Waals surface area contributed by atoms with Crippen LogP contribution in [0.25, 0.3) is 10.9 Å². The van der Waals surface area contributed by atoms with Gasteiger partial charge < -0.3 is 10.1 Å². The van der Waals surface area contributed by atoms with Crippen molar-refractivity contribution in [2.45, 2.75) is 52.0 Å². The Morgan fingerprint density at radius 3 is 2.80 bits per heavy atom. The van der Waals surface area contributed by atoms with Crippen molar-refractivity contribution >= 4 is 22.8 Å². The number of para-hydroxylation sites is 1. The maximum Gasteiger partial charge on any atom is 0.339 e. The van der Waals surface area contributed by atoms with Gasteiger partial charge in [-0.25, -0.2) is 4.79 Å². The third kappa shape index (κ3) is 3.81. The summed E-state index contributed by atoms with van der Waals surface area (Å²) < 4.78 is 5.33. The van der Waals surface area contributed by atoms with Gasteiger partial charge in [0.05, 0.1) is 11.1 Å². The second-order valence-corrected chi connectivity index (χ2v) is 6.59. The maximum atomic E-state index is 12.8. The zero-order chi connectivity index (χ0) is 17.8. The molecule has 0 saturated heterocycles. The largest absolute Gasteiger partial charge is 0.452 e. The van der Waals surface area contributed by atoms with Gasteiger partial charge in [-0.05, 0) is 50.7 Å². The minimum absolute atomic E-state index is 0.0701. The second-order valence-electron chi connectivity index (χ2n) is 6.59. The number of nitrogens with zero attached hydrogens (tertiary/aromatic N) is 1. The Morgan fingerprint density at radius 1 is 1.24 bits per heavy atom. The topological polar surface area (TPSA) is 68.3 Å². The van der Waals surface area contributed by atoms with Gasteiger partial charge in [-0.3, -0.25) is 9.78 Å². The summed E-state index contributed by atoms with van der Waals surface area (Å²) >= 11 is 0. The number of carbonyl (C=O) groups is 2. The summed E-state index contributed by atoms with van der Waals surface area (Å²) in [5, 5.41) is 3.61. The van der Waals surface area contributed by atoms with Gasteiger partial charge in [-0.15, -0.1) is 0 Å². The lowest BCUT2D eigenvalue weighted by Gasteiger charge is -2.20. The van der Waals surface area contributed by atoms with E-state index in [-0.39, 0.29) is 18.6 Å². The van der Waals surface area contributed by atoms with Crippen molar-refractivity contribution in [3.8, 4) is 0 Å². The van der Waals surface area contributed by atoms with Crippen molar-refractivity contribution in [2.75, 3.05) is 6.61 Å². The number of fused-ring (bicyclic) bond motifs is 2. The zero-order valence-corrected chi connectivity index (χ0v) is 14.8. The van der Waals surface area contributed by atoms with Crippen molar-refractivity contribution < 1.29 is 14.3 Å². The molecule has 1 aromatic carbocycles. The van der Waals surface area contributed by atoms with Gasteiger partial charge in [0.25, 0.3) is 5.91 Å². The minimum Gasteiger partial charge on any atom is -0.452 e. The van der Waals surface area contributed by atoms with Crippen LogP contribution < -0.4 is 5.32 Å². The van der Waals surface area contributed by atoms with Crippen molar-refractivity contribution in [1.29, 1.82) is 0 Å². The number of pyridine rings is 1. The summed E-state index contributed by atoms with van der Waals surface area (Å²) in [6.07, 6.45) is 4.68. The molecule has 0 radical (unpaired) electrons. The minimum atomic E-state index is -0.434. The van der Waals surface area contributed by atoms with Gasteiger partial charge in [-0.2, -0.15) is 0 Å². The Bertz CT molecular complexity index is 801. The molecule has 5 heteroatoms. The van der Waals surface area contributed by atoms with E-state index in [1.807, 2.05) is 38.1 Å². The summed E-state index contributed by atoms with van der Waals surface area (Å²) in [4.78, 5) is 29.4. The molecule has 0 fully saturated rings. The lowest BCUT2D eigenvalue weighted by Crippen LogP contribution is -2.35. The molecule has 1 aliphatic rings. The van der Waals surface area contributed by atoms with Crippen LogP contribution in [0.4, 0.5) is 0 Å². The lowest BCUT2D eigenvalue weighted by atomic mass is 9.90. The van der Waals surface area contributed by atoms with Crippen LogP contribution in [0.1, 0.15) is 54.7 Å². The van der Waals surface area contributed by atoms with E-state index < -0.39 is 5.97 Å². The highest BCUT2D eigenvalue weighted by Crippen LogP contribution is 2.29. The van der Waals surface area contributed by atoms with Gasteiger partial charge in [0, 0.05) is 17.1 Å². The van der Waals surface area contributed by atoms with Crippen molar-refractivity contribution in [3.05, 3.63) is 41.1 Å². The van der Waals surface area contributed by atoms with E-state index in [9.17, 15) is 9.59 Å². The Hall–Kier alpha value is -2.43. The molecule has 1 heterocycles. The number of ether oxygens (including phenoxy) is 1. The van der Waals surface area contributed by atoms with Crippen LogP contribution in [-0.2, 0) is 22.4 Å². The average Bonchev–Trinajstić information content (AvgIpc) is 2.64. The SMILES string of the molecule is CC[C@@H](C)NC(=O)COC(=O)c1c2c(nc3ccccc13)CCCC2. The molecule has 0 saturated carbocycles. The first-order valence-corrected chi connectivity index (χ1v) is 8.97. The molecule has 1 aliphatic carbocycles. The molecule has 5 nitrogen and oxygen atoms in total. The molecule has 132 valence electrons. The van der Waals surface area contributed by atoms with Crippen LogP contribution in [-0.4, -0.2) is 29.5 Å². The number of carbonyl (C=O) groups excluding carboxylic acids is 2. The van der Waals surface area contributed by atoms with Crippen LogP contribution in [0.15, 0.2) is 24.3 Å². The highest BCUT2D eigenvalue weighted by molar-refractivity contribution is 6.05. The number of nitrogens with one attached hydrogen (secondary N) is 1. The monoisotopic (exact) mass is 340 g/mol. The quantitative estimate of drug-likeness (QED) is 0.849. The van der Waals surface area contributed by atoms with E-state index in [0.717, 1.165) is 54.3 Å². The molecule has 1 amide bonds. The fourth-order valence-electron chi connectivity index (χ4n) is 3.23. The molecular formula is C20H24N2O3. The summed E-state index contributed by atoms with van der Waals surface area (Å²) in [6, 6.07) is 7.69. The number of hydrogen-bond donors (Lipinski definition) is 1. The van der Waals surface area contributed by atoms with Gasteiger partial charge in [0.1, 0.15) is 0 Å². The van der Waals surface area contributed by atoms with E-state index in [0.29, 0.717) is 5.56 Å². The molecule has 1 aromatic heterocycles. The molecule has 2 aromatic rings. The van der Waals surface area contributed by atoms with Gasteiger partial charge in [-0.1, -0.05) is 25.1 Å². The van der Waals surface area contributed by atoms with Crippen molar-refractivity contribution in [2.24, 2.45) is 0 Å². The summed E-state index contributed by atoms with van der Waals surface area (Å²) in [5.41, 5.74) is 3.36. The van der Waals surface area contributed by atoms with E-state index in [1.165, 1.54) is 0 Å². The highest BCUT2D eigenvalue weighted by atomic mass is 16.5. The molecular weight excluding hydrogens is 316 g/mol. The Kier molecular flexibility index (Phi) is 5.31. The zero-order valence-electron chi connectivity index (χ0n) is 14.8. The van der Waals surface area contributed by atoms with Gasteiger partial charge in [0.15, 0.2) is 6.61 Å². The first-order chi connectivity index (χ1) is 12.1. The Morgan fingerprint density at radius 2 is 2.00 bits per heavy atom. The average molecular weight is 340 g/mol. The second kappa shape index (κ2) is 7.64. The maximum absolute atomic E-state index is 12.8. The van der Waals surface area contributed by atoms with E-state index in [4.69, 9.17) is 9.72 Å². The summed E-state index contributed by atoms with van der Waals surface area (Å²) in [6.45, 7) is 3.66. The molecule has 1 N–H and O–H groups in total. The first-order valence-electron chi connectivity index (χ1n) is 8.97. The molecule has 0 aliphatic heterocycles. The molecule has 0 unspecified atom stereocenters. The lowest BCUT2D eigenvalue weighted by molar-refractivity contribution is -0.124. The standard InChI is InChI=1S/C20H24N2O3/c1-3-13(2)21-18(23)12-25-20(24)19-14-8-4-6-10-16(14)22-17-11-7-5-9-15(17)19/h4,6,8,10,13H,3,5,7,9,11-12H2,1-2H3,(H,21,23)/t13-/m1/s1. The predicted molar refractivity (Wildman–Crippen MR) is 96.6 cm³/mol. The van der Waals surface area contributed by atoms with Crippen LogP contribution in [0, 0.1) is 0 Å². The van der Waals surface area contributed by atoms with Crippen LogP contribution >= 0.6 is 0 Å². The van der Waals surface area contributed by atoms with Crippen LogP contribution in [0.2, 0.25) is 0 Å². The van der Waals surface area contributed by atoms with E-state index >= 15 is 0 Å². The van der Waals surface area contributed by atoms with Crippen molar-refractivity contribution in [1.82, 2.24) is 10.3 Å². The smallest absolute Gasteiger partial charge is 0.339 e. The number of esters is 1. The number of amides is 1. The molecule has 0 spiro atoms. The third-order valence-corrected chi connectivity index (χ3v) is 4.73. The highest BCUT2D eigenvalue weighted by Gasteiger charge is 2.24. The summed E-state index contributed by atoms with van der Waals surface area (Å²) in [5.74, 6) is -0.703. The number of aryl methyl sites for hydroxylation is 1. The van der Waals surface area contributed by atoms with Crippen LogP contribution in [0.3, 0.4) is 0 Å². The van der Waals surface area contributed by atoms with Crippen molar-refractivity contribution in [3.63, 3.8) is 0 Å². The normalized spacial score (nSPS) is 14.6. The summed E-state index contributed by atoms with van der Waals surface area (Å²) in [7, 11) is 0. The number of benzene rings is 1. The van der Waals surface area contributed by atoms with Gasteiger partial charge in [0.2, 0.25) is 0 Å².